The molecule has 15 heavy (non-hydrogen) atoms. The molecule has 0 aromatic rings. The summed E-state index contributed by atoms with van der Waals surface area (Å²) in [7, 11) is 0. The molecule has 0 amide bonds. The topological polar surface area (TPSA) is 75.8 Å². The van der Waals surface area contributed by atoms with Crippen molar-refractivity contribution in [1.82, 2.24) is 4.90 Å². The number of nitrogens with two attached hydrogens (primary N) is 1. The van der Waals surface area contributed by atoms with Gasteiger partial charge in [0, 0.05) is 19.6 Å². The second-order valence-corrected chi connectivity index (χ2v) is 3.88. The minimum Gasteiger partial charge on any atom is -0.481 e. The number of likely N-dealkylation sites (tertiary alicyclic amines) is 1. The van der Waals surface area contributed by atoms with E-state index in [9.17, 15) is 4.79 Å². The molecule has 1 heterocycles. The van der Waals surface area contributed by atoms with Crippen molar-refractivity contribution in [3.8, 4) is 0 Å². The van der Waals surface area contributed by atoms with Crippen LogP contribution < -0.4 is 5.73 Å². The first-order valence-electron chi connectivity index (χ1n) is 5.47. The number of hydrogen-bond donors (Lipinski definition) is 2. The third-order valence-corrected chi connectivity index (χ3v) is 2.67. The first kappa shape index (κ1) is 12.4. The van der Waals surface area contributed by atoms with Crippen LogP contribution in [0.4, 0.5) is 0 Å². The van der Waals surface area contributed by atoms with Gasteiger partial charge in [-0.2, -0.15) is 0 Å². The summed E-state index contributed by atoms with van der Waals surface area (Å²) in [5.41, 5.74) is 5.29. The van der Waals surface area contributed by atoms with Gasteiger partial charge >= 0.3 is 5.97 Å². The van der Waals surface area contributed by atoms with Crippen molar-refractivity contribution in [2.75, 3.05) is 39.4 Å². The van der Waals surface area contributed by atoms with Gasteiger partial charge in [0.15, 0.2) is 0 Å². The summed E-state index contributed by atoms with van der Waals surface area (Å²) in [6.45, 7) is 4.21. The fraction of sp³-hybridized carbons (Fsp3) is 0.900. The first-order chi connectivity index (χ1) is 7.24. The number of aliphatic carboxylic acids is 1. The van der Waals surface area contributed by atoms with E-state index in [0.717, 1.165) is 25.9 Å². The summed E-state index contributed by atoms with van der Waals surface area (Å²) in [6.07, 6.45) is 1.77. The molecule has 1 aliphatic rings. The Kier molecular flexibility index (Phi) is 5.60. The van der Waals surface area contributed by atoms with Gasteiger partial charge in [-0.15, -0.1) is 0 Å². The molecule has 1 atom stereocenters. The second kappa shape index (κ2) is 6.76. The van der Waals surface area contributed by atoms with Gasteiger partial charge in [-0.3, -0.25) is 4.79 Å². The summed E-state index contributed by atoms with van der Waals surface area (Å²) in [5.74, 6) is -0.879. The number of ether oxygens (including phenoxy) is 1. The van der Waals surface area contributed by atoms with Crippen LogP contribution in [0, 0.1) is 5.92 Å². The molecule has 0 spiro atoms. The molecule has 0 aromatic carbocycles. The van der Waals surface area contributed by atoms with E-state index in [1.807, 2.05) is 0 Å². The van der Waals surface area contributed by atoms with Gasteiger partial charge in [0.2, 0.25) is 0 Å². The van der Waals surface area contributed by atoms with Crippen molar-refractivity contribution in [2.24, 2.45) is 11.7 Å². The first-order valence-corrected chi connectivity index (χ1v) is 5.47. The third kappa shape index (κ3) is 4.59. The maximum atomic E-state index is 10.8. The van der Waals surface area contributed by atoms with Crippen LogP contribution in [-0.2, 0) is 9.53 Å². The van der Waals surface area contributed by atoms with E-state index >= 15 is 0 Å². The Morgan fingerprint density at radius 1 is 1.53 bits per heavy atom. The van der Waals surface area contributed by atoms with Crippen LogP contribution in [0.1, 0.15) is 12.8 Å². The summed E-state index contributed by atoms with van der Waals surface area (Å²) >= 11 is 0. The Hall–Kier alpha value is -0.650. The van der Waals surface area contributed by atoms with E-state index in [1.165, 1.54) is 0 Å². The van der Waals surface area contributed by atoms with Crippen LogP contribution in [0.15, 0.2) is 0 Å². The van der Waals surface area contributed by atoms with Crippen molar-refractivity contribution in [2.45, 2.75) is 12.8 Å². The molecule has 1 unspecified atom stereocenters. The number of nitrogens with zero attached hydrogens (tertiary/aromatic N) is 1. The van der Waals surface area contributed by atoms with E-state index in [0.29, 0.717) is 26.3 Å². The highest BCUT2D eigenvalue weighted by atomic mass is 16.5. The monoisotopic (exact) mass is 216 g/mol. The summed E-state index contributed by atoms with van der Waals surface area (Å²) in [6, 6.07) is 0. The zero-order valence-corrected chi connectivity index (χ0v) is 9.02. The summed E-state index contributed by atoms with van der Waals surface area (Å²) in [5, 5.41) is 8.89. The van der Waals surface area contributed by atoms with Gasteiger partial charge in [0.05, 0.1) is 19.1 Å². The van der Waals surface area contributed by atoms with Gasteiger partial charge < -0.3 is 20.5 Å². The molecule has 5 heteroatoms. The predicted molar refractivity (Wildman–Crippen MR) is 56.7 cm³/mol. The van der Waals surface area contributed by atoms with Crippen molar-refractivity contribution in [3.05, 3.63) is 0 Å². The molecule has 1 rings (SSSR count). The molecule has 0 bridgehead atoms. The molecular formula is C10H20N2O3. The number of carboxylic acid groups (broad SMARTS) is 1. The van der Waals surface area contributed by atoms with E-state index in [1.54, 1.807) is 0 Å². The standard InChI is InChI=1S/C10H20N2O3/c11-3-6-15-7-5-12-4-1-2-9(8-12)10(13)14/h9H,1-8,11H2,(H,13,14). The molecule has 1 fully saturated rings. The predicted octanol–water partition coefficient (Wildman–Crippen LogP) is -0.242. The van der Waals surface area contributed by atoms with Gasteiger partial charge in [-0.1, -0.05) is 0 Å². The molecule has 0 aromatic heterocycles. The molecular weight excluding hydrogens is 196 g/mol. The SMILES string of the molecule is NCCOCCN1CCCC(C(=O)O)C1. The Balaban J connectivity index is 2.15. The summed E-state index contributed by atoms with van der Waals surface area (Å²) < 4.78 is 5.27. The zero-order valence-electron chi connectivity index (χ0n) is 9.02. The molecule has 0 aliphatic carbocycles. The maximum Gasteiger partial charge on any atom is 0.307 e. The zero-order chi connectivity index (χ0) is 11.1. The average Bonchev–Trinajstić information content (AvgIpc) is 2.25. The number of piperidine rings is 1. The van der Waals surface area contributed by atoms with Crippen molar-refractivity contribution in [3.63, 3.8) is 0 Å². The normalized spacial score (nSPS) is 22.9. The molecule has 1 saturated heterocycles. The van der Waals surface area contributed by atoms with E-state index in [-0.39, 0.29) is 5.92 Å². The Labute approximate surface area is 90.2 Å². The quantitative estimate of drug-likeness (QED) is 0.599. The van der Waals surface area contributed by atoms with Crippen LogP contribution in [-0.4, -0.2) is 55.4 Å². The Bertz CT molecular complexity index is 199. The number of carbonyl (C=O) groups is 1. The van der Waals surface area contributed by atoms with E-state index in [2.05, 4.69) is 4.90 Å². The number of hydrogen-bond acceptors (Lipinski definition) is 4. The lowest BCUT2D eigenvalue weighted by Gasteiger charge is -2.30. The highest BCUT2D eigenvalue weighted by Gasteiger charge is 2.24. The largest absolute Gasteiger partial charge is 0.481 e. The number of rotatable bonds is 6. The van der Waals surface area contributed by atoms with Crippen LogP contribution in [0.2, 0.25) is 0 Å². The molecule has 5 nitrogen and oxygen atoms in total. The maximum absolute atomic E-state index is 10.8. The molecule has 0 radical (unpaired) electrons. The Morgan fingerprint density at radius 3 is 3.00 bits per heavy atom. The number of carboxylic acids is 1. The highest BCUT2D eigenvalue weighted by Crippen LogP contribution is 2.15. The van der Waals surface area contributed by atoms with E-state index < -0.39 is 5.97 Å². The lowest BCUT2D eigenvalue weighted by molar-refractivity contribution is -0.143. The lowest BCUT2D eigenvalue weighted by Crippen LogP contribution is -2.40. The third-order valence-electron chi connectivity index (χ3n) is 2.67. The minimum absolute atomic E-state index is 0.201. The second-order valence-electron chi connectivity index (χ2n) is 3.88. The average molecular weight is 216 g/mol. The van der Waals surface area contributed by atoms with Gasteiger partial charge in [0.25, 0.3) is 0 Å². The molecule has 0 saturated carbocycles. The van der Waals surface area contributed by atoms with Crippen LogP contribution in [0.3, 0.4) is 0 Å². The van der Waals surface area contributed by atoms with E-state index in [4.69, 9.17) is 15.6 Å². The fourth-order valence-corrected chi connectivity index (χ4v) is 1.84. The summed E-state index contributed by atoms with van der Waals surface area (Å²) in [4.78, 5) is 13.0. The Morgan fingerprint density at radius 2 is 2.33 bits per heavy atom. The van der Waals surface area contributed by atoms with Gasteiger partial charge in [-0.25, -0.2) is 0 Å². The van der Waals surface area contributed by atoms with Crippen LogP contribution >= 0.6 is 0 Å². The van der Waals surface area contributed by atoms with Gasteiger partial charge in [-0.05, 0) is 19.4 Å². The molecule has 88 valence electrons. The van der Waals surface area contributed by atoms with Gasteiger partial charge in [0.1, 0.15) is 0 Å². The van der Waals surface area contributed by atoms with Crippen LogP contribution in [0.25, 0.3) is 0 Å². The van der Waals surface area contributed by atoms with Crippen LogP contribution in [0.5, 0.6) is 0 Å². The minimum atomic E-state index is -0.678. The fourth-order valence-electron chi connectivity index (χ4n) is 1.84. The highest BCUT2D eigenvalue weighted by molar-refractivity contribution is 5.70. The van der Waals surface area contributed by atoms with Crippen molar-refractivity contribution < 1.29 is 14.6 Å². The molecule has 3 N–H and O–H groups in total. The van der Waals surface area contributed by atoms with Crippen molar-refractivity contribution >= 4 is 5.97 Å². The molecule has 1 aliphatic heterocycles. The lowest BCUT2D eigenvalue weighted by atomic mass is 9.98. The van der Waals surface area contributed by atoms with Crippen molar-refractivity contribution in [1.29, 1.82) is 0 Å². The smallest absolute Gasteiger partial charge is 0.307 e.